The van der Waals surface area contributed by atoms with Gasteiger partial charge >= 0.3 is 11.7 Å². The summed E-state index contributed by atoms with van der Waals surface area (Å²) in [6, 6.07) is 16.0. The van der Waals surface area contributed by atoms with Gasteiger partial charge in [-0.1, -0.05) is 75.7 Å². The van der Waals surface area contributed by atoms with Gasteiger partial charge in [0.2, 0.25) is 0 Å². The van der Waals surface area contributed by atoms with Crippen molar-refractivity contribution >= 4 is 23.8 Å². The van der Waals surface area contributed by atoms with Gasteiger partial charge in [-0.2, -0.15) is 0 Å². The van der Waals surface area contributed by atoms with E-state index in [1.54, 1.807) is 18.2 Å². The number of amides is 2. The van der Waals surface area contributed by atoms with Gasteiger partial charge in [0.1, 0.15) is 27.8 Å². The van der Waals surface area contributed by atoms with Gasteiger partial charge < -0.3 is 29.6 Å². The maximum absolute atomic E-state index is 12.8. The average molecular weight is 625 g/mol. The Kier molecular flexibility index (Phi) is 12.3. The second kappa shape index (κ2) is 15.7. The number of hydrogen-bond donors (Lipinski definition) is 3. The van der Waals surface area contributed by atoms with Crippen LogP contribution in [0, 0.1) is 0 Å². The molecule has 3 rings (SSSR count). The molecule has 0 aliphatic rings. The molecule has 1 aromatic heterocycles. The van der Waals surface area contributed by atoms with Gasteiger partial charge in [0.05, 0.1) is 0 Å². The molecule has 1 heterocycles. The normalized spacial score (nSPS) is 11.6. The molecule has 44 heavy (non-hydrogen) atoms. The molecule has 2 aromatic carbocycles. The molecular weight excluding hydrogens is 580 g/mol. The van der Waals surface area contributed by atoms with Gasteiger partial charge in [0.25, 0.3) is 5.91 Å². The van der Waals surface area contributed by atoms with Gasteiger partial charge in [-0.15, -0.1) is 0 Å². The van der Waals surface area contributed by atoms with Crippen LogP contribution in [0.25, 0.3) is 11.3 Å². The Hall–Kier alpha value is -3.92. The lowest BCUT2D eigenvalue weighted by molar-refractivity contribution is -0.123. The van der Waals surface area contributed by atoms with Gasteiger partial charge in [-0.05, 0) is 62.8 Å². The van der Waals surface area contributed by atoms with Crippen LogP contribution in [0.4, 0.5) is 4.79 Å². The van der Waals surface area contributed by atoms with Gasteiger partial charge in [0, 0.05) is 29.6 Å². The highest BCUT2D eigenvalue weighted by Gasteiger charge is 2.23. The molecule has 10 heteroatoms. The van der Waals surface area contributed by atoms with E-state index in [9.17, 15) is 19.5 Å². The van der Waals surface area contributed by atoms with Gasteiger partial charge in [-0.3, -0.25) is 4.79 Å². The van der Waals surface area contributed by atoms with E-state index in [1.165, 1.54) is 6.07 Å². The molecule has 0 saturated carbocycles. The molecule has 238 valence electrons. The SMILES string of the molecule is CC(C)(C)OC(=O)NCCCCCCNC(=O)COc1ccc(Sc2c(O)cc(-c3ccccc3)oc2=O)c(C(C)(C)C)c1. The monoisotopic (exact) mass is 624 g/mol. The van der Waals surface area contributed by atoms with Crippen LogP contribution in [0.15, 0.2) is 73.6 Å². The molecule has 0 bridgehead atoms. The molecule has 0 spiro atoms. The maximum Gasteiger partial charge on any atom is 0.407 e. The van der Waals surface area contributed by atoms with E-state index in [1.807, 2.05) is 71.9 Å². The topological polar surface area (TPSA) is 127 Å². The third-order valence-corrected chi connectivity index (χ3v) is 7.54. The van der Waals surface area contributed by atoms with Crippen LogP contribution in [-0.4, -0.2) is 42.4 Å². The third-order valence-electron chi connectivity index (χ3n) is 6.38. The lowest BCUT2D eigenvalue weighted by Crippen LogP contribution is -2.33. The number of carbonyl (C=O) groups excluding carboxylic acids is 2. The molecule has 3 N–H and O–H groups in total. The van der Waals surface area contributed by atoms with Crippen molar-refractivity contribution in [3.05, 3.63) is 70.6 Å². The zero-order valence-electron chi connectivity index (χ0n) is 26.5. The second-order valence-corrected chi connectivity index (χ2v) is 13.5. The number of nitrogens with one attached hydrogen (secondary N) is 2. The van der Waals surface area contributed by atoms with Gasteiger partial charge in [0.15, 0.2) is 6.61 Å². The molecule has 0 radical (unpaired) electrons. The minimum Gasteiger partial charge on any atom is -0.506 e. The standard InChI is InChI=1S/C34H44N2O7S/c1-33(2,3)25-20-24(41-22-29(38)35-18-12-7-8-13-19-36-32(40)43-34(4,5)6)16-17-28(25)44-30-26(37)21-27(42-31(30)39)23-14-10-9-11-15-23/h9-11,14-17,20-21,37H,7-8,12-13,18-19,22H2,1-6H3,(H,35,38)(H,36,40). The van der Waals surface area contributed by atoms with E-state index in [0.29, 0.717) is 30.2 Å². The largest absolute Gasteiger partial charge is 0.506 e. The number of benzene rings is 2. The van der Waals surface area contributed by atoms with Crippen LogP contribution >= 0.6 is 11.8 Å². The molecule has 0 saturated heterocycles. The smallest absolute Gasteiger partial charge is 0.407 e. The number of rotatable bonds is 13. The fourth-order valence-electron chi connectivity index (χ4n) is 4.23. The zero-order valence-corrected chi connectivity index (χ0v) is 27.3. The Morgan fingerprint density at radius 3 is 2.16 bits per heavy atom. The Morgan fingerprint density at radius 2 is 1.55 bits per heavy atom. The first kappa shape index (κ1) is 34.6. The molecule has 0 aliphatic carbocycles. The summed E-state index contributed by atoms with van der Waals surface area (Å²) in [5.74, 6) is 0.457. The van der Waals surface area contributed by atoms with Crippen LogP contribution in [0.2, 0.25) is 0 Å². The van der Waals surface area contributed by atoms with Crippen molar-refractivity contribution in [2.75, 3.05) is 19.7 Å². The molecule has 3 aromatic rings. The summed E-state index contributed by atoms with van der Waals surface area (Å²) in [6.07, 6.45) is 3.11. The summed E-state index contributed by atoms with van der Waals surface area (Å²) in [7, 11) is 0. The fraction of sp³-hybridized carbons (Fsp3) is 0.441. The van der Waals surface area contributed by atoms with Gasteiger partial charge in [-0.25, -0.2) is 9.59 Å². The van der Waals surface area contributed by atoms with Crippen LogP contribution in [-0.2, 0) is 14.9 Å². The first-order chi connectivity index (χ1) is 20.7. The Labute approximate surface area is 263 Å². The summed E-state index contributed by atoms with van der Waals surface area (Å²) >= 11 is 1.14. The first-order valence-corrected chi connectivity index (χ1v) is 15.7. The van der Waals surface area contributed by atoms with E-state index in [4.69, 9.17) is 13.9 Å². The maximum atomic E-state index is 12.8. The Morgan fingerprint density at radius 1 is 0.886 bits per heavy atom. The zero-order chi connectivity index (χ0) is 32.3. The molecule has 0 atom stereocenters. The van der Waals surface area contributed by atoms with Crippen molar-refractivity contribution in [1.82, 2.24) is 10.6 Å². The molecule has 0 unspecified atom stereocenters. The predicted octanol–water partition coefficient (Wildman–Crippen LogP) is 7.04. The lowest BCUT2D eigenvalue weighted by atomic mass is 9.87. The summed E-state index contributed by atoms with van der Waals surface area (Å²) in [5.41, 5.74) is 0.147. The van der Waals surface area contributed by atoms with E-state index in [0.717, 1.165) is 47.9 Å². The van der Waals surface area contributed by atoms with Crippen molar-refractivity contribution in [3.8, 4) is 22.8 Å². The summed E-state index contributed by atoms with van der Waals surface area (Å²) in [6.45, 7) is 12.6. The highest BCUT2D eigenvalue weighted by Crippen LogP contribution is 2.40. The molecular formula is C34H44N2O7S. The molecule has 9 nitrogen and oxygen atoms in total. The highest BCUT2D eigenvalue weighted by atomic mass is 32.2. The number of aromatic hydroxyl groups is 1. The average Bonchev–Trinajstić information content (AvgIpc) is 2.94. The van der Waals surface area contributed by atoms with Crippen LogP contribution in [0.3, 0.4) is 0 Å². The number of alkyl carbamates (subject to hydrolysis) is 1. The summed E-state index contributed by atoms with van der Waals surface area (Å²) < 4.78 is 16.5. The fourth-order valence-corrected chi connectivity index (χ4v) is 5.35. The first-order valence-electron chi connectivity index (χ1n) is 14.8. The Balaban J connectivity index is 1.49. The molecule has 2 amide bonds. The van der Waals surface area contributed by atoms with E-state index in [2.05, 4.69) is 10.6 Å². The van der Waals surface area contributed by atoms with Crippen molar-refractivity contribution in [1.29, 1.82) is 0 Å². The number of ether oxygens (including phenoxy) is 2. The molecule has 0 fully saturated rings. The highest BCUT2D eigenvalue weighted by molar-refractivity contribution is 7.99. The summed E-state index contributed by atoms with van der Waals surface area (Å²) in [5, 5.41) is 16.3. The second-order valence-electron chi connectivity index (χ2n) is 12.5. The predicted molar refractivity (Wildman–Crippen MR) is 173 cm³/mol. The number of hydrogen-bond acceptors (Lipinski definition) is 8. The Bertz CT molecular complexity index is 1460. The van der Waals surface area contributed by atoms with Crippen LogP contribution < -0.4 is 21.0 Å². The number of unbranched alkanes of at least 4 members (excludes halogenated alkanes) is 3. The van der Waals surface area contributed by atoms with Crippen molar-refractivity contribution in [2.24, 2.45) is 0 Å². The van der Waals surface area contributed by atoms with E-state index >= 15 is 0 Å². The lowest BCUT2D eigenvalue weighted by Gasteiger charge is -2.23. The minimum atomic E-state index is -0.622. The van der Waals surface area contributed by atoms with Crippen molar-refractivity contribution < 1.29 is 28.6 Å². The minimum absolute atomic E-state index is 0.0996. The van der Waals surface area contributed by atoms with E-state index in [-0.39, 0.29) is 28.6 Å². The van der Waals surface area contributed by atoms with E-state index < -0.39 is 17.3 Å². The van der Waals surface area contributed by atoms with Crippen LogP contribution in [0.1, 0.15) is 72.8 Å². The molecule has 0 aliphatic heterocycles. The third kappa shape index (κ3) is 11.3. The van der Waals surface area contributed by atoms with Crippen molar-refractivity contribution in [2.45, 2.75) is 88.0 Å². The van der Waals surface area contributed by atoms with Crippen LogP contribution in [0.5, 0.6) is 11.5 Å². The summed E-state index contributed by atoms with van der Waals surface area (Å²) in [4.78, 5) is 37.7. The number of carbonyl (C=O) groups is 2. The quantitative estimate of drug-likeness (QED) is 0.173. The van der Waals surface area contributed by atoms with Crippen molar-refractivity contribution in [3.63, 3.8) is 0 Å².